The highest BCUT2D eigenvalue weighted by molar-refractivity contribution is 7.98. The van der Waals surface area contributed by atoms with Crippen molar-refractivity contribution in [2.75, 3.05) is 25.2 Å². The molecule has 1 aliphatic carbocycles. The maximum atomic E-state index is 11.9. The molecule has 0 radical (unpaired) electrons. The van der Waals surface area contributed by atoms with Gasteiger partial charge in [-0.2, -0.15) is 11.8 Å². The molecule has 1 aliphatic heterocycles. The zero-order valence-electron chi connectivity index (χ0n) is 12.8. The third-order valence-electron chi connectivity index (χ3n) is 4.32. The van der Waals surface area contributed by atoms with Crippen LogP contribution in [0.4, 0.5) is 0 Å². The third-order valence-corrected chi connectivity index (χ3v) is 5.15. The summed E-state index contributed by atoms with van der Waals surface area (Å²) in [5, 5.41) is 2.98. The first kappa shape index (κ1) is 16.1. The largest absolute Gasteiger partial charge is 0.353 e. The van der Waals surface area contributed by atoms with E-state index in [9.17, 15) is 4.79 Å². The van der Waals surface area contributed by atoms with Crippen LogP contribution in [-0.4, -0.2) is 43.0 Å². The Labute approximate surface area is 126 Å². The van der Waals surface area contributed by atoms with Gasteiger partial charge in [-0.05, 0) is 25.0 Å². The van der Waals surface area contributed by atoms with Gasteiger partial charge >= 0.3 is 0 Å². The van der Waals surface area contributed by atoms with Crippen molar-refractivity contribution in [2.45, 2.75) is 51.4 Å². The maximum absolute atomic E-state index is 11.9. The van der Waals surface area contributed by atoms with Crippen molar-refractivity contribution in [3.8, 4) is 0 Å². The standard InChI is InChI=1S/C15H27NO3S/c1-11-4-6-15(7-5-11)18-9-13(19-15)8-16-14(17)12(2)10-20-3/h11-13H,4-10H2,1-3H3,(H,16,17)/t11?,12-,13-,15?/m1/s1. The normalized spacial score (nSPS) is 35.1. The van der Waals surface area contributed by atoms with Gasteiger partial charge in [-0.15, -0.1) is 0 Å². The van der Waals surface area contributed by atoms with E-state index in [1.54, 1.807) is 11.8 Å². The lowest BCUT2D eigenvalue weighted by Crippen LogP contribution is -2.39. The van der Waals surface area contributed by atoms with Gasteiger partial charge in [0.2, 0.25) is 5.91 Å². The van der Waals surface area contributed by atoms with Crippen LogP contribution in [0.15, 0.2) is 0 Å². The highest BCUT2D eigenvalue weighted by Crippen LogP contribution is 2.39. The van der Waals surface area contributed by atoms with Gasteiger partial charge in [-0.3, -0.25) is 4.79 Å². The Kier molecular flexibility index (Phi) is 5.75. The summed E-state index contributed by atoms with van der Waals surface area (Å²) in [4.78, 5) is 11.9. The summed E-state index contributed by atoms with van der Waals surface area (Å²) in [6.45, 7) is 5.41. The second-order valence-electron chi connectivity index (χ2n) is 6.25. The number of amides is 1. The molecule has 0 aromatic heterocycles. The second-order valence-corrected chi connectivity index (χ2v) is 7.16. The van der Waals surface area contributed by atoms with E-state index in [0.29, 0.717) is 13.2 Å². The molecular weight excluding hydrogens is 274 g/mol. The van der Waals surface area contributed by atoms with Crippen molar-refractivity contribution in [1.82, 2.24) is 5.32 Å². The number of nitrogens with one attached hydrogen (secondary N) is 1. The number of thioether (sulfide) groups is 1. The van der Waals surface area contributed by atoms with Gasteiger partial charge in [0.15, 0.2) is 5.79 Å². The minimum absolute atomic E-state index is 0.00818. The Morgan fingerprint density at radius 2 is 2.15 bits per heavy atom. The van der Waals surface area contributed by atoms with Crippen LogP contribution in [0, 0.1) is 11.8 Å². The summed E-state index contributed by atoms with van der Waals surface area (Å²) in [7, 11) is 0. The van der Waals surface area contributed by atoms with Gasteiger partial charge in [0, 0.05) is 31.1 Å². The molecule has 2 rings (SSSR count). The summed E-state index contributed by atoms with van der Waals surface area (Å²) < 4.78 is 12.0. The van der Waals surface area contributed by atoms with E-state index in [-0.39, 0.29) is 23.7 Å². The molecule has 2 fully saturated rings. The first-order valence-electron chi connectivity index (χ1n) is 7.63. The fraction of sp³-hybridized carbons (Fsp3) is 0.933. The Morgan fingerprint density at radius 1 is 1.45 bits per heavy atom. The predicted octanol–water partition coefficient (Wildman–Crippen LogP) is 2.42. The molecule has 0 unspecified atom stereocenters. The fourth-order valence-corrected chi connectivity index (χ4v) is 3.55. The molecule has 1 saturated carbocycles. The molecule has 0 bridgehead atoms. The molecule has 1 amide bonds. The van der Waals surface area contributed by atoms with Crippen LogP contribution in [0.3, 0.4) is 0 Å². The van der Waals surface area contributed by atoms with Gasteiger partial charge in [-0.1, -0.05) is 13.8 Å². The summed E-state index contributed by atoms with van der Waals surface area (Å²) >= 11 is 1.70. The Bertz CT molecular complexity index is 329. The molecule has 1 N–H and O–H groups in total. The second kappa shape index (κ2) is 7.14. The van der Waals surface area contributed by atoms with E-state index in [4.69, 9.17) is 9.47 Å². The Morgan fingerprint density at radius 3 is 2.80 bits per heavy atom. The van der Waals surface area contributed by atoms with Crippen LogP contribution in [0.25, 0.3) is 0 Å². The number of rotatable bonds is 5. The molecule has 1 spiro atoms. The monoisotopic (exact) mass is 301 g/mol. The van der Waals surface area contributed by atoms with Crippen molar-refractivity contribution in [3.63, 3.8) is 0 Å². The van der Waals surface area contributed by atoms with Crippen LogP contribution in [0.2, 0.25) is 0 Å². The molecule has 0 aromatic rings. The van der Waals surface area contributed by atoms with Crippen molar-refractivity contribution >= 4 is 17.7 Å². The van der Waals surface area contributed by atoms with Crippen molar-refractivity contribution < 1.29 is 14.3 Å². The summed E-state index contributed by atoms with van der Waals surface area (Å²) in [5.41, 5.74) is 0. The van der Waals surface area contributed by atoms with E-state index in [1.807, 2.05) is 13.2 Å². The van der Waals surface area contributed by atoms with E-state index in [0.717, 1.165) is 24.5 Å². The SMILES string of the molecule is CSC[C@@H](C)C(=O)NC[C@@H]1COC2(CCC(C)CC2)O1. The lowest BCUT2D eigenvalue weighted by atomic mass is 9.86. The van der Waals surface area contributed by atoms with E-state index in [2.05, 4.69) is 12.2 Å². The minimum atomic E-state index is -0.354. The molecule has 2 aliphatic rings. The lowest BCUT2D eigenvalue weighted by Gasteiger charge is -2.34. The quantitative estimate of drug-likeness (QED) is 0.847. The summed E-state index contributed by atoms with van der Waals surface area (Å²) in [5.74, 6) is 1.44. The molecular formula is C15H27NO3S. The number of hydrogen-bond donors (Lipinski definition) is 1. The van der Waals surface area contributed by atoms with Gasteiger partial charge in [0.05, 0.1) is 6.61 Å². The number of carbonyl (C=O) groups excluding carboxylic acids is 1. The molecule has 2 atom stereocenters. The van der Waals surface area contributed by atoms with Gasteiger partial charge in [0.1, 0.15) is 6.10 Å². The van der Waals surface area contributed by atoms with Crippen LogP contribution in [-0.2, 0) is 14.3 Å². The average Bonchev–Trinajstić information content (AvgIpc) is 2.83. The van der Waals surface area contributed by atoms with Crippen LogP contribution < -0.4 is 5.32 Å². The lowest BCUT2D eigenvalue weighted by molar-refractivity contribution is -0.191. The zero-order valence-corrected chi connectivity index (χ0v) is 13.6. The van der Waals surface area contributed by atoms with E-state index < -0.39 is 0 Å². The Balaban J connectivity index is 1.72. The maximum Gasteiger partial charge on any atom is 0.223 e. The Hall–Kier alpha value is -0.260. The van der Waals surface area contributed by atoms with Crippen molar-refractivity contribution in [2.24, 2.45) is 11.8 Å². The van der Waals surface area contributed by atoms with Crippen molar-refractivity contribution in [1.29, 1.82) is 0 Å². The first-order valence-corrected chi connectivity index (χ1v) is 9.02. The number of ether oxygens (including phenoxy) is 2. The predicted molar refractivity (Wildman–Crippen MR) is 81.7 cm³/mol. The van der Waals surface area contributed by atoms with Crippen LogP contribution in [0.1, 0.15) is 39.5 Å². The topological polar surface area (TPSA) is 47.6 Å². The average molecular weight is 301 g/mol. The minimum Gasteiger partial charge on any atom is -0.353 e. The van der Waals surface area contributed by atoms with E-state index in [1.165, 1.54) is 12.8 Å². The molecule has 5 heteroatoms. The summed E-state index contributed by atoms with van der Waals surface area (Å²) in [6, 6.07) is 0. The van der Waals surface area contributed by atoms with Gasteiger partial charge in [0.25, 0.3) is 0 Å². The molecule has 1 heterocycles. The smallest absolute Gasteiger partial charge is 0.223 e. The fourth-order valence-electron chi connectivity index (χ4n) is 2.90. The first-order chi connectivity index (χ1) is 9.54. The molecule has 0 aromatic carbocycles. The zero-order chi connectivity index (χ0) is 14.6. The molecule has 20 heavy (non-hydrogen) atoms. The number of hydrogen-bond acceptors (Lipinski definition) is 4. The molecule has 4 nitrogen and oxygen atoms in total. The third kappa shape index (κ3) is 4.12. The van der Waals surface area contributed by atoms with Crippen LogP contribution in [0.5, 0.6) is 0 Å². The van der Waals surface area contributed by atoms with Gasteiger partial charge < -0.3 is 14.8 Å². The van der Waals surface area contributed by atoms with Gasteiger partial charge in [-0.25, -0.2) is 0 Å². The highest BCUT2D eigenvalue weighted by atomic mass is 32.2. The highest BCUT2D eigenvalue weighted by Gasteiger charge is 2.43. The van der Waals surface area contributed by atoms with E-state index >= 15 is 0 Å². The molecule has 116 valence electrons. The van der Waals surface area contributed by atoms with Crippen molar-refractivity contribution in [3.05, 3.63) is 0 Å². The number of carbonyl (C=O) groups is 1. The van der Waals surface area contributed by atoms with Crippen LogP contribution >= 0.6 is 11.8 Å². The molecule has 1 saturated heterocycles. The summed E-state index contributed by atoms with van der Waals surface area (Å²) in [6.07, 6.45) is 6.34.